The number of nitrogens with zero attached hydrogens (tertiary/aromatic N) is 2. The van der Waals surface area contributed by atoms with Gasteiger partial charge in [-0.05, 0) is 40.8 Å². The van der Waals surface area contributed by atoms with Crippen molar-refractivity contribution in [3.8, 4) is 11.3 Å². The van der Waals surface area contributed by atoms with Crippen molar-refractivity contribution >= 4 is 5.95 Å². The van der Waals surface area contributed by atoms with Crippen molar-refractivity contribution in [3.63, 3.8) is 0 Å². The van der Waals surface area contributed by atoms with Gasteiger partial charge in [0.15, 0.2) is 0 Å². The molecule has 0 spiro atoms. The van der Waals surface area contributed by atoms with Crippen LogP contribution in [0.15, 0.2) is 85.1 Å². The monoisotopic (exact) mass is 381 g/mol. The molecule has 3 aromatic carbocycles. The second-order valence-corrected chi connectivity index (χ2v) is 7.30. The van der Waals surface area contributed by atoms with E-state index >= 15 is 0 Å². The van der Waals surface area contributed by atoms with Crippen molar-refractivity contribution in [1.82, 2.24) is 9.97 Å². The molecule has 29 heavy (non-hydrogen) atoms. The number of hydrogen-bond donors (Lipinski definition) is 1. The van der Waals surface area contributed by atoms with E-state index < -0.39 is 0 Å². The first kappa shape index (κ1) is 17.6. The second-order valence-electron chi connectivity index (χ2n) is 7.30. The largest absolute Gasteiger partial charge is 0.350 e. The molecule has 1 atom stereocenters. The van der Waals surface area contributed by atoms with E-state index in [-0.39, 0.29) is 11.7 Å². The third-order valence-corrected chi connectivity index (χ3v) is 5.45. The van der Waals surface area contributed by atoms with Crippen molar-refractivity contribution in [2.75, 3.05) is 5.32 Å². The number of benzene rings is 3. The van der Waals surface area contributed by atoms with E-state index in [1.165, 1.54) is 23.3 Å². The van der Waals surface area contributed by atoms with Gasteiger partial charge in [-0.25, -0.2) is 14.4 Å². The molecule has 1 aromatic heterocycles. The van der Waals surface area contributed by atoms with E-state index in [2.05, 4.69) is 40.6 Å². The molecule has 1 heterocycles. The number of aromatic nitrogens is 2. The molecule has 1 N–H and O–H groups in total. The molecule has 142 valence electrons. The molecule has 0 amide bonds. The van der Waals surface area contributed by atoms with E-state index in [1.54, 1.807) is 0 Å². The van der Waals surface area contributed by atoms with Gasteiger partial charge in [0.25, 0.3) is 0 Å². The first-order valence-electron chi connectivity index (χ1n) is 9.76. The van der Waals surface area contributed by atoms with Crippen LogP contribution in [0.3, 0.4) is 0 Å². The SMILES string of the molecule is Fc1ccc(C2Cc3cnc(NCc4ccccc4)nc3-c3ccccc32)cc1. The smallest absolute Gasteiger partial charge is 0.223 e. The standard InChI is InChI=1S/C25H20FN3/c26-20-12-10-18(11-13-20)23-14-19-16-28-25(27-15-17-6-2-1-3-7-17)29-24(19)22-9-5-4-8-21(22)23/h1-13,16,23H,14-15H2,(H,27,28,29). The Morgan fingerprint density at radius 3 is 2.48 bits per heavy atom. The molecule has 0 aliphatic heterocycles. The van der Waals surface area contributed by atoms with Crippen LogP contribution in [-0.4, -0.2) is 9.97 Å². The van der Waals surface area contributed by atoms with Crippen LogP contribution < -0.4 is 5.32 Å². The van der Waals surface area contributed by atoms with Crippen molar-refractivity contribution in [2.24, 2.45) is 0 Å². The fourth-order valence-electron chi connectivity index (χ4n) is 3.99. The van der Waals surface area contributed by atoms with Gasteiger partial charge in [-0.1, -0.05) is 66.7 Å². The lowest BCUT2D eigenvalue weighted by atomic mass is 9.78. The van der Waals surface area contributed by atoms with Crippen LogP contribution in [0.2, 0.25) is 0 Å². The minimum absolute atomic E-state index is 0.172. The molecule has 4 heteroatoms. The Bertz CT molecular complexity index is 1140. The normalized spacial score (nSPS) is 14.7. The highest BCUT2D eigenvalue weighted by Crippen LogP contribution is 2.41. The van der Waals surface area contributed by atoms with Gasteiger partial charge in [0, 0.05) is 24.2 Å². The maximum atomic E-state index is 13.4. The molecule has 1 unspecified atom stereocenters. The summed E-state index contributed by atoms with van der Waals surface area (Å²) in [5.41, 5.74) is 6.72. The van der Waals surface area contributed by atoms with Crippen LogP contribution in [0, 0.1) is 5.82 Å². The number of anilines is 1. The summed E-state index contributed by atoms with van der Waals surface area (Å²) in [6.45, 7) is 0.680. The van der Waals surface area contributed by atoms with Gasteiger partial charge < -0.3 is 5.32 Å². The van der Waals surface area contributed by atoms with Crippen LogP contribution in [0.25, 0.3) is 11.3 Å². The Labute approximate surface area is 169 Å². The summed E-state index contributed by atoms with van der Waals surface area (Å²) in [5, 5.41) is 3.33. The predicted octanol–water partition coefficient (Wildman–Crippen LogP) is 5.58. The lowest BCUT2D eigenvalue weighted by molar-refractivity contribution is 0.626. The maximum Gasteiger partial charge on any atom is 0.223 e. The summed E-state index contributed by atoms with van der Waals surface area (Å²) in [4.78, 5) is 9.37. The first-order valence-corrected chi connectivity index (χ1v) is 9.76. The van der Waals surface area contributed by atoms with E-state index in [0.29, 0.717) is 12.5 Å². The quantitative estimate of drug-likeness (QED) is 0.501. The van der Waals surface area contributed by atoms with Gasteiger partial charge >= 0.3 is 0 Å². The summed E-state index contributed by atoms with van der Waals surface area (Å²) in [5.74, 6) is 0.587. The van der Waals surface area contributed by atoms with Crippen molar-refractivity contribution in [3.05, 3.63) is 113 Å². The van der Waals surface area contributed by atoms with Crippen LogP contribution in [0.1, 0.15) is 28.2 Å². The number of rotatable bonds is 4. The minimum atomic E-state index is -0.212. The number of halogens is 1. The highest BCUT2D eigenvalue weighted by Gasteiger charge is 2.27. The van der Waals surface area contributed by atoms with Gasteiger partial charge in [-0.2, -0.15) is 0 Å². The average molecular weight is 381 g/mol. The summed E-state index contributed by atoms with van der Waals surface area (Å²) < 4.78 is 13.4. The topological polar surface area (TPSA) is 37.8 Å². The summed E-state index contributed by atoms with van der Waals surface area (Å²) in [6, 6.07) is 25.4. The molecule has 0 saturated heterocycles. The van der Waals surface area contributed by atoms with E-state index in [0.717, 1.165) is 28.8 Å². The highest BCUT2D eigenvalue weighted by molar-refractivity contribution is 5.72. The molecule has 3 nitrogen and oxygen atoms in total. The Morgan fingerprint density at radius 1 is 0.897 bits per heavy atom. The molecule has 0 radical (unpaired) electrons. The highest BCUT2D eigenvalue weighted by atomic mass is 19.1. The molecule has 1 aliphatic carbocycles. The first-order chi connectivity index (χ1) is 14.3. The van der Waals surface area contributed by atoms with Gasteiger partial charge in [0.1, 0.15) is 5.82 Å². The Kier molecular flexibility index (Phi) is 4.53. The lowest BCUT2D eigenvalue weighted by Gasteiger charge is -2.27. The number of fused-ring (bicyclic) bond motifs is 3. The fourth-order valence-corrected chi connectivity index (χ4v) is 3.99. The third-order valence-electron chi connectivity index (χ3n) is 5.45. The van der Waals surface area contributed by atoms with Crippen LogP contribution in [-0.2, 0) is 13.0 Å². The predicted molar refractivity (Wildman–Crippen MR) is 113 cm³/mol. The van der Waals surface area contributed by atoms with E-state index in [9.17, 15) is 4.39 Å². The average Bonchev–Trinajstić information content (AvgIpc) is 2.78. The fraction of sp³-hybridized carbons (Fsp3) is 0.120. The van der Waals surface area contributed by atoms with E-state index in [4.69, 9.17) is 4.98 Å². The van der Waals surface area contributed by atoms with Crippen LogP contribution >= 0.6 is 0 Å². The van der Waals surface area contributed by atoms with Gasteiger partial charge in [-0.3, -0.25) is 0 Å². The van der Waals surface area contributed by atoms with Crippen molar-refractivity contribution in [1.29, 1.82) is 0 Å². The zero-order valence-corrected chi connectivity index (χ0v) is 15.8. The molecule has 1 aliphatic rings. The number of hydrogen-bond acceptors (Lipinski definition) is 3. The zero-order chi connectivity index (χ0) is 19.6. The zero-order valence-electron chi connectivity index (χ0n) is 15.8. The lowest BCUT2D eigenvalue weighted by Crippen LogP contribution is -2.15. The third kappa shape index (κ3) is 3.49. The molecule has 0 fully saturated rings. The van der Waals surface area contributed by atoms with E-state index in [1.807, 2.05) is 42.6 Å². The molecular formula is C25H20FN3. The summed E-state index contributed by atoms with van der Waals surface area (Å²) in [7, 11) is 0. The van der Waals surface area contributed by atoms with Crippen LogP contribution in [0.4, 0.5) is 10.3 Å². The van der Waals surface area contributed by atoms with Crippen molar-refractivity contribution in [2.45, 2.75) is 18.9 Å². The molecule has 0 bridgehead atoms. The molecular weight excluding hydrogens is 361 g/mol. The molecule has 5 rings (SSSR count). The van der Waals surface area contributed by atoms with Gasteiger partial charge in [0.05, 0.1) is 5.69 Å². The summed E-state index contributed by atoms with van der Waals surface area (Å²) >= 11 is 0. The molecule has 4 aromatic rings. The van der Waals surface area contributed by atoms with Gasteiger partial charge in [0.2, 0.25) is 5.95 Å². The second kappa shape index (κ2) is 7.47. The number of nitrogens with one attached hydrogen (secondary N) is 1. The van der Waals surface area contributed by atoms with Gasteiger partial charge in [-0.15, -0.1) is 0 Å². The summed E-state index contributed by atoms with van der Waals surface area (Å²) in [6.07, 6.45) is 2.72. The maximum absolute atomic E-state index is 13.4. The van der Waals surface area contributed by atoms with Crippen LogP contribution in [0.5, 0.6) is 0 Å². The Balaban J connectivity index is 1.48. The van der Waals surface area contributed by atoms with Crippen molar-refractivity contribution < 1.29 is 4.39 Å². The molecule has 0 saturated carbocycles. The Hall–Kier alpha value is -3.53. The Morgan fingerprint density at radius 2 is 1.66 bits per heavy atom. The minimum Gasteiger partial charge on any atom is -0.350 e.